The molecule has 1 aromatic carbocycles. The first kappa shape index (κ1) is 22.0. The second-order valence-electron chi connectivity index (χ2n) is 8.51. The standard InChI is InChI=1S/C22H27ClN2O6/c1-4-30-21(29)15-14-8-9-22(31-14)16(15)20(28)25(12(3)10-26)18(22)19(27)24-17-11(2)6-5-7-13(17)23/h5-7,12,14-16,18,26H,4,8-10H2,1-3H3,(H,24,27)/t12-,14-,15+,16+,18-,22+/m1/s1. The lowest BCUT2D eigenvalue weighted by atomic mass is 9.70. The minimum absolute atomic E-state index is 0.197. The van der Waals surface area contributed by atoms with Gasteiger partial charge < -0.3 is 24.8 Å². The van der Waals surface area contributed by atoms with Crippen molar-refractivity contribution < 1.29 is 29.0 Å². The summed E-state index contributed by atoms with van der Waals surface area (Å²) in [5, 5.41) is 13.1. The number of nitrogens with one attached hydrogen (secondary N) is 1. The van der Waals surface area contributed by atoms with Gasteiger partial charge in [-0.25, -0.2) is 0 Å². The van der Waals surface area contributed by atoms with Gasteiger partial charge in [0.1, 0.15) is 11.6 Å². The highest BCUT2D eigenvalue weighted by atomic mass is 35.5. The molecular weight excluding hydrogens is 424 g/mol. The summed E-state index contributed by atoms with van der Waals surface area (Å²) in [6, 6.07) is 3.67. The molecule has 1 spiro atoms. The minimum Gasteiger partial charge on any atom is -0.466 e. The molecule has 31 heavy (non-hydrogen) atoms. The molecule has 3 aliphatic rings. The fourth-order valence-electron chi connectivity index (χ4n) is 5.44. The number of amides is 2. The van der Waals surface area contributed by atoms with Crippen molar-refractivity contribution in [3.8, 4) is 0 Å². The molecule has 3 aliphatic heterocycles. The Morgan fingerprint density at radius 3 is 2.84 bits per heavy atom. The van der Waals surface area contributed by atoms with Crippen LogP contribution in [0.15, 0.2) is 18.2 Å². The van der Waals surface area contributed by atoms with E-state index in [4.69, 9.17) is 21.1 Å². The van der Waals surface area contributed by atoms with E-state index in [0.29, 0.717) is 23.6 Å². The van der Waals surface area contributed by atoms with Crippen LogP contribution < -0.4 is 5.32 Å². The predicted octanol–water partition coefficient (Wildman–Crippen LogP) is 1.91. The lowest BCUT2D eigenvalue weighted by molar-refractivity contribution is -0.155. The molecule has 0 radical (unpaired) electrons. The van der Waals surface area contributed by atoms with Gasteiger partial charge in [0.2, 0.25) is 11.8 Å². The number of hydrogen-bond acceptors (Lipinski definition) is 6. The van der Waals surface area contributed by atoms with Gasteiger partial charge in [-0.2, -0.15) is 0 Å². The van der Waals surface area contributed by atoms with Crippen LogP contribution in [0.25, 0.3) is 0 Å². The number of carbonyl (C=O) groups is 3. The van der Waals surface area contributed by atoms with Crippen LogP contribution in [0.1, 0.15) is 32.3 Å². The molecule has 168 valence electrons. The topological polar surface area (TPSA) is 105 Å². The zero-order chi connectivity index (χ0) is 22.5. The maximum absolute atomic E-state index is 13.6. The number of rotatable bonds is 6. The Kier molecular flexibility index (Phi) is 5.74. The fourth-order valence-corrected chi connectivity index (χ4v) is 5.71. The van der Waals surface area contributed by atoms with E-state index in [9.17, 15) is 19.5 Å². The number of fused-ring (bicyclic) bond motifs is 1. The number of ether oxygens (including phenoxy) is 2. The molecule has 4 rings (SSSR count). The van der Waals surface area contributed by atoms with Crippen molar-refractivity contribution in [3.05, 3.63) is 28.8 Å². The first-order valence-corrected chi connectivity index (χ1v) is 11.0. The second-order valence-corrected chi connectivity index (χ2v) is 8.91. The van der Waals surface area contributed by atoms with E-state index in [2.05, 4.69) is 5.32 Å². The number of halogens is 1. The SMILES string of the molecule is CCOC(=O)[C@@H]1[C@H]2C(=O)N([C@H](C)CO)[C@H](C(=O)Nc3c(C)cccc3Cl)[C@]23CC[C@H]1O3. The number of aliphatic hydroxyl groups is 1. The molecule has 8 nitrogen and oxygen atoms in total. The van der Waals surface area contributed by atoms with Crippen molar-refractivity contribution in [1.29, 1.82) is 0 Å². The number of anilines is 1. The molecule has 3 heterocycles. The van der Waals surface area contributed by atoms with Gasteiger partial charge in [0.05, 0.1) is 47.9 Å². The van der Waals surface area contributed by atoms with E-state index >= 15 is 0 Å². The summed E-state index contributed by atoms with van der Waals surface area (Å²) in [5.74, 6) is -2.86. The zero-order valence-corrected chi connectivity index (χ0v) is 18.5. The molecular formula is C22H27ClN2O6. The van der Waals surface area contributed by atoms with Crippen molar-refractivity contribution in [3.63, 3.8) is 0 Å². The summed E-state index contributed by atoms with van der Waals surface area (Å²) >= 11 is 6.30. The Balaban J connectivity index is 1.74. The van der Waals surface area contributed by atoms with Crippen molar-refractivity contribution >= 4 is 35.1 Å². The number of carbonyl (C=O) groups excluding carboxylic acids is 3. The molecule has 3 saturated heterocycles. The number of esters is 1. The van der Waals surface area contributed by atoms with Gasteiger partial charge >= 0.3 is 5.97 Å². The van der Waals surface area contributed by atoms with Crippen LogP contribution in [0.5, 0.6) is 0 Å². The van der Waals surface area contributed by atoms with Crippen LogP contribution in [0.4, 0.5) is 5.69 Å². The molecule has 0 unspecified atom stereocenters. The van der Waals surface area contributed by atoms with E-state index in [-0.39, 0.29) is 19.1 Å². The molecule has 0 aliphatic carbocycles. The Hall–Kier alpha value is -2.16. The van der Waals surface area contributed by atoms with Crippen molar-refractivity contribution in [2.75, 3.05) is 18.5 Å². The lowest BCUT2D eigenvalue weighted by Crippen LogP contribution is -2.55. The number of nitrogens with zero attached hydrogens (tertiary/aromatic N) is 1. The molecule has 0 aromatic heterocycles. The highest BCUT2D eigenvalue weighted by Gasteiger charge is 2.75. The summed E-state index contributed by atoms with van der Waals surface area (Å²) in [7, 11) is 0. The van der Waals surface area contributed by atoms with Crippen LogP contribution >= 0.6 is 11.6 Å². The number of likely N-dealkylation sites (tertiary alicyclic amines) is 1. The van der Waals surface area contributed by atoms with E-state index in [1.807, 2.05) is 13.0 Å². The Bertz CT molecular complexity index is 903. The predicted molar refractivity (Wildman–Crippen MR) is 112 cm³/mol. The van der Waals surface area contributed by atoms with Gasteiger partial charge in [-0.3, -0.25) is 14.4 Å². The minimum atomic E-state index is -1.14. The van der Waals surface area contributed by atoms with Gasteiger partial charge in [-0.15, -0.1) is 0 Å². The summed E-state index contributed by atoms with van der Waals surface area (Å²) < 4.78 is 11.5. The molecule has 3 fully saturated rings. The molecule has 0 saturated carbocycles. The maximum atomic E-state index is 13.6. The van der Waals surface area contributed by atoms with Gasteiger partial charge in [-0.05, 0) is 45.2 Å². The average Bonchev–Trinajstić information content (AvgIpc) is 3.37. The third-order valence-corrected chi connectivity index (χ3v) is 7.07. The number of benzene rings is 1. The largest absolute Gasteiger partial charge is 0.466 e. The van der Waals surface area contributed by atoms with Crippen molar-refractivity contribution in [2.24, 2.45) is 11.8 Å². The van der Waals surface area contributed by atoms with Crippen LogP contribution in [0.2, 0.25) is 5.02 Å². The van der Waals surface area contributed by atoms with Crippen LogP contribution in [0.3, 0.4) is 0 Å². The normalized spacial score (nSPS) is 32.2. The van der Waals surface area contributed by atoms with E-state index in [1.54, 1.807) is 26.0 Å². The smallest absolute Gasteiger partial charge is 0.312 e. The van der Waals surface area contributed by atoms with Crippen LogP contribution in [0, 0.1) is 18.8 Å². The van der Waals surface area contributed by atoms with Crippen molar-refractivity contribution in [2.45, 2.75) is 57.4 Å². The Labute approximate surface area is 185 Å². The molecule has 2 amide bonds. The summed E-state index contributed by atoms with van der Waals surface area (Å²) in [5.41, 5.74) is 0.108. The van der Waals surface area contributed by atoms with Gasteiger partial charge in [0.15, 0.2) is 0 Å². The van der Waals surface area contributed by atoms with E-state index in [1.165, 1.54) is 4.90 Å². The van der Waals surface area contributed by atoms with Crippen LogP contribution in [-0.4, -0.2) is 64.8 Å². The second kappa shape index (κ2) is 8.07. The first-order valence-electron chi connectivity index (χ1n) is 10.6. The maximum Gasteiger partial charge on any atom is 0.312 e. The Morgan fingerprint density at radius 2 is 2.19 bits per heavy atom. The summed E-state index contributed by atoms with van der Waals surface area (Å²) in [6.07, 6.45) is 0.568. The third-order valence-electron chi connectivity index (χ3n) is 6.75. The average molecular weight is 451 g/mol. The zero-order valence-electron chi connectivity index (χ0n) is 17.8. The number of aryl methyl sites for hydroxylation is 1. The van der Waals surface area contributed by atoms with Crippen LogP contribution in [-0.2, 0) is 23.9 Å². The molecule has 2 N–H and O–H groups in total. The van der Waals surface area contributed by atoms with E-state index in [0.717, 1.165) is 5.56 Å². The van der Waals surface area contributed by atoms with E-state index < -0.39 is 47.5 Å². The molecule has 6 atom stereocenters. The molecule has 2 bridgehead atoms. The molecule has 9 heteroatoms. The summed E-state index contributed by atoms with van der Waals surface area (Å²) in [4.78, 5) is 41.2. The molecule has 1 aromatic rings. The fraction of sp³-hybridized carbons (Fsp3) is 0.591. The monoisotopic (exact) mass is 450 g/mol. The quantitative estimate of drug-likeness (QED) is 0.641. The third kappa shape index (κ3) is 3.23. The first-order chi connectivity index (χ1) is 14.8. The summed E-state index contributed by atoms with van der Waals surface area (Å²) in [6.45, 7) is 5.08. The van der Waals surface area contributed by atoms with Gasteiger partial charge in [0.25, 0.3) is 0 Å². The number of para-hydroxylation sites is 1. The highest BCUT2D eigenvalue weighted by Crippen LogP contribution is 2.59. The van der Waals surface area contributed by atoms with Gasteiger partial charge in [-0.1, -0.05) is 23.7 Å². The number of aliphatic hydroxyl groups excluding tert-OH is 1. The van der Waals surface area contributed by atoms with Gasteiger partial charge in [0, 0.05) is 0 Å². The van der Waals surface area contributed by atoms with Crippen molar-refractivity contribution in [1.82, 2.24) is 4.90 Å². The number of hydrogen-bond donors (Lipinski definition) is 2. The lowest BCUT2D eigenvalue weighted by Gasteiger charge is -2.35. The highest BCUT2D eigenvalue weighted by molar-refractivity contribution is 6.34. The Morgan fingerprint density at radius 1 is 1.45 bits per heavy atom.